The van der Waals surface area contributed by atoms with E-state index in [1.165, 1.54) is 5.56 Å². The molecule has 1 unspecified atom stereocenters. The summed E-state index contributed by atoms with van der Waals surface area (Å²) in [6.07, 6.45) is 3.95. The third kappa shape index (κ3) is 4.19. The molecule has 0 amide bonds. The second-order valence-corrected chi connectivity index (χ2v) is 7.24. The lowest BCUT2D eigenvalue weighted by molar-refractivity contribution is -0.136. The van der Waals surface area contributed by atoms with Crippen molar-refractivity contribution in [3.8, 4) is 11.5 Å². The summed E-state index contributed by atoms with van der Waals surface area (Å²) >= 11 is 0. The van der Waals surface area contributed by atoms with Crippen molar-refractivity contribution in [2.24, 2.45) is 5.92 Å². The number of anilines is 1. The Morgan fingerprint density at radius 2 is 2.00 bits per heavy atom. The molecule has 1 aromatic carbocycles. The summed E-state index contributed by atoms with van der Waals surface area (Å²) in [5.41, 5.74) is 2.91. The number of aliphatic carboxylic acids is 1. The molecule has 0 aliphatic carbocycles. The summed E-state index contributed by atoms with van der Waals surface area (Å²) in [6.45, 7) is 3.73. The highest BCUT2D eigenvalue weighted by atomic mass is 16.5. The van der Waals surface area contributed by atoms with Crippen LogP contribution in [-0.2, 0) is 17.6 Å². The van der Waals surface area contributed by atoms with E-state index in [2.05, 4.69) is 20.0 Å². The van der Waals surface area contributed by atoms with Crippen molar-refractivity contribution in [1.82, 2.24) is 15.1 Å². The van der Waals surface area contributed by atoms with Gasteiger partial charge in [0.25, 0.3) is 5.89 Å². The lowest BCUT2D eigenvalue weighted by Gasteiger charge is -2.17. The molecule has 1 N–H and O–H groups in total. The number of carboxylic acids is 1. The Labute approximate surface area is 163 Å². The number of rotatable bonds is 6. The van der Waals surface area contributed by atoms with Gasteiger partial charge in [-0.15, -0.1) is 0 Å². The fraction of sp³-hybridized carbons (Fsp3) is 0.333. The summed E-state index contributed by atoms with van der Waals surface area (Å²) in [6, 6.07) is 11.9. The fourth-order valence-corrected chi connectivity index (χ4v) is 3.62. The van der Waals surface area contributed by atoms with Gasteiger partial charge >= 0.3 is 5.97 Å². The average molecular weight is 378 g/mol. The minimum Gasteiger partial charge on any atom is -0.481 e. The number of nitrogens with zero attached hydrogens (tertiary/aromatic N) is 4. The first-order valence-electron chi connectivity index (χ1n) is 9.38. The monoisotopic (exact) mass is 378 g/mol. The SMILES string of the molecule is Cc1noc(-c2ccc(N3CCC(Cc4ccc(CC(=O)O)cc4)C3)nc2)n1. The molecule has 1 atom stereocenters. The van der Waals surface area contributed by atoms with Crippen molar-refractivity contribution in [2.45, 2.75) is 26.2 Å². The smallest absolute Gasteiger partial charge is 0.307 e. The summed E-state index contributed by atoms with van der Waals surface area (Å²) in [4.78, 5) is 21.9. The van der Waals surface area contributed by atoms with E-state index in [1.54, 1.807) is 13.1 Å². The first-order chi connectivity index (χ1) is 13.6. The number of pyridine rings is 1. The van der Waals surface area contributed by atoms with Crippen molar-refractivity contribution in [2.75, 3.05) is 18.0 Å². The van der Waals surface area contributed by atoms with Crippen LogP contribution in [0.2, 0.25) is 0 Å². The predicted octanol–water partition coefficient (Wildman–Crippen LogP) is 3.14. The zero-order valence-corrected chi connectivity index (χ0v) is 15.7. The van der Waals surface area contributed by atoms with Crippen LogP contribution < -0.4 is 4.90 Å². The minimum absolute atomic E-state index is 0.0717. The van der Waals surface area contributed by atoms with Crippen LogP contribution in [0, 0.1) is 12.8 Å². The first kappa shape index (κ1) is 18.2. The number of aryl methyl sites for hydroxylation is 1. The highest BCUT2D eigenvalue weighted by Crippen LogP contribution is 2.26. The van der Waals surface area contributed by atoms with Crippen molar-refractivity contribution < 1.29 is 14.4 Å². The lowest BCUT2D eigenvalue weighted by Crippen LogP contribution is -2.21. The summed E-state index contributed by atoms with van der Waals surface area (Å²) in [5.74, 6) is 1.82. The topological polar surface area (TPSA) is 92.4 Å². The molecular weight excluding hydrogens is 356 g/mol. The van der Waals surface area contributed by atoms with Gasteiger partial charge in [-0.3, -0.25) is 4.79 Å². The van der Waals surface area contributed by atoms with E-state index in [-0.39, 0.29) is 6.42 Å². The second-order valence-electron chi connectivity index (χ2n) is 7.24. The van der Waals surface area contributed by atoms with Gasteiger partial charge in [-0.1, -0.05) is 29.4 Å². The average Bonchev–Trinajstić information content (AvgIpc) is 3.32. The van der Waals surface area contributed by atoms with Crippen molar-refractivity contribution in [3.63, 3.8) is 0 Å². The van der Waals surface area contributed by atoms with Crippen molar-refractivity contribution in [1.29, 1.82) is 0 Å². The summed E-state index contributed by atoms with van der Waals surface area (Å²) < 4.78 is 5.18. The van der Waals surface area contributed by atoms with Gasteiger partial charge in [-0.2, -0.15) is 4.98 Å². The molecule has 7 nitrogen and oxygen atoms in total. The maximum Gasteiger partial charge on any atom is 0.307 e. The fourth-order valence-electron chi connectivity index (χ4n) is 3.62. The molecule has 0 saturated carbocycles. The standard InChI is InChI=1S/C21H22N4O3/c1-14-23-21(28-24-14)18-6-7-19(22-12-18)25-9-8-17(13-25)10-15-2-4-16(5-3-15)11-20(26)27/h2-7,12,17H,8-11,13H2,1H3,(H,26,27). The van der Waals surface area contributed by atoms with Gasteiger partial charge < -0.3 is 14.5 Å². The maximum absolute atomic E-state index is 10.8. The Hall–Kier alpha value is -3.22. The molecule has 1 aliphatic heterocycles. The molecule has 0 radical (unpaired) electrons. The van der Waals surface area contributed by atoms with Crippen molar-refractivity contribution >= 4 is 11.8 Å². The van der Waals surface area contributed by atoms with Crippen LogP contribution in [0.1, 0.15) is 23.4 Å². The van der Waals surface area contributed by atoms with E-state index in [0.717, 1.165) is 42.9 Å². The Bertz CT molecular complexity index is 951. The van der Waals surface area contributed by atoms with Crippen LogP contribution in [0.5, 0.6) is 0 Å². The van der Waals surface area contributed by atoms with E-state index >= 15 is 0 Å². The van der Waals surface area contributed by atoms with Gasteiger partial charge in [0.05, 0.1) is 12.0 Å². The van der Waals surface area contributed by atoms with Gasteiger partial charge in [-0.25, -0.2) is 4.98 Å². The largest absolute Gasteiger partial charge is 0.481 e. The molecule has 3 aromatic rings. The molecule has 1 saturated heterocycles. The summed E-state index contributed by atoms with van der Waals surface area (Å²) in [5, 5.41) is 12.7. The molecule has 0 bridgehead atoms. The first-order valence-corrected chi connectivity index (χ1v) is 9.38. The van der Waals surface area contributed by atoms with Crippen molar-refractivity contribution in [3.05, 3.63) is 59.5 Å². The molecule has 28 heavy (non-hydrogen) atoms. The Balaban J connectivity index is 1.35. The van der Waals surface area contributed by atoms with Gasteiger partial charge in [0, 0.05) is 19.3 Å². The van der Waals surface area contributed by atoms with Gasteiger partial charge in [0.2, 0.25) is 0 Å². The normalized spacial score (nSPS) is 16.5. The van der Waals surface area contributed by atoms with Crippen LogP contribution in [0.3, 0.4) is 0 Å². The van der Waals surface area contributed by atoms with E-state index in [4.69, 9.17) is 9.63 Å². The van der Waals surface area contributed by atoms with Gasteiger partial charge in [0.1, 0.15) is 5.82 Å². The predicted molar refractivity (Wildman–Crippen MR) is 104 cm³/mol. The van der Waals surface area contributed by atoms with Crippen LogP contribution in [0.15, 0.2) is 47.1 Å². The quantitative estimate of drug-likeness (QED) is 0.704. The third-order valence-corrected chi connectivity index (χ3v) is 5.03. The highest BCUT2D eigenvalue weighted by Gasteiger charge is 2.24. The molecule has 7 heteroatoms. The second kappa shape index (κ2) is 7.80. The number of benzene rings is 1. The minimum atomic E-state index is -0.799. The third-order valence-electron chi connectivity index (χ3n) is 5.03. The van der Waals surface area contributed by atoms with Crippen LogP contribution >= 0.6 is 0 Å². The summed E-state index contributed by atoms with van der Waals surface area (Å²) in [7, 11) is 0. The number of aromatic nitrogens is 3. The number of hydrogen-bond donors (Lipinski definition) is 1. The highest BCUT2D eigenvalue weighted by molar-refractivity contribution is 5.70. The molecular formula is C21H22N4O3. The molecule has 4 rings (SSSR count). The van der Waals surface area contributed by atoms with E-state index in [9.17, 15) is 4.79 Å². The lowest BCUT2D eigenvalue weighted by atomic mass is 9.97. The maximum atomic E-state index is 10.8. The molecule has 144 valence electrons. The van der Waals surface area contributed by atoms with Gasteiger partial charge in [-0.05, 0) is 48.9 Å². The molecule has 1 fully saturated rings. The van der Waals surface area contributed by atoms with Crippen LogP contribution in [-0.4, -0.2) is 39.3 Å². The Morgan fingerprint density at radius 3 is 2.64 bits per heavy atom. The molecule has 3 heterocycles. The van der Waals surface area contributed by atoms with Crippen LogP contribution in [0.25, 0.3) is 11.5 Å². The zero-order chi connectivity index (χ0) is 19.5. The molecule has 0 spiro atoms. The molecule has 2 aromatic heterocycles. The van der Waals surface area contributed by atoms with E-state index in [0.29, 0.717) is 17.6 Å². The Kier molecular flexibility index (Phi) is 5.06. The van der Waals surface area contributed by atoms with Crippen LogP contribution in [0.4, 0.5) is 5.82 Å². The number of carbonyl (C=O) groups is 1. The van der Waals surface area contributed by atoms with E-state index in [1.807, 2.05) is 36.4 Å². The number of hydrogen-bond acceptors (Lipinski definition) is 6. The van der Waals surface area contributed by atoms with Gasteiger partial charge in [0.15, 0.2) is 5.82 Å². The van der Waals surface area contributed by atoms with E-state index < -0.39 is 5.97 Å². The Morgan fingerprint density at radius 1 is 1.21 bits per heavy atom. The zero-order valence-electron chi connectivity index (χ0n) is 15.7. The number of carboxylic acid groups (broad SMARTS) is 1. The molecule has 1 aliphatic rings.